The average molecular weight is 151 g/mol. The highest BCUT2D eigenvalue weighted by Crippen LogP contribution is 1.95. The summed E-state index contributed by atoms with van der Waals surface area (Å²) in [6.45, 7) is 6.90. The number of nitrogens with zero attached hydrogens (tertiary/aromatic N) is 2. The van der Waals surface area contributed by atoms with Crippen LogP contribution in [0.4, 0.5) is 0 Å². The molecule has 60 valence electrons. The van der Waals surface area contributed by atoms with Crippen LogP contribution in [0.5, 0.6) is 0 Å². The van der Waals surface area contributed by atoms with Crippen molar-refractivity contribution in [2.24, 2.45) is 7.05 Å². The van der Waals surface area contributed by atoms with E-state index in [1.54, 1.807) is 0 Å². The van der Waals surface area contributed by atoms with Crippen molar-refractivity contribution in [3.63, 3.8) is 0 Å². The van der Waals surface area contributed by atoms with E-state index in [-0.39, 0.29) is 0 Å². The molecule has 0 saturated heterocycles. The van der Waals surface area contributed by atoms with Crippen LogP contribution in [-0.4, -0.2) is 4.57 Å². The van der Waals surface area contributed by atoms with Crippen molar-refractivity contribution in [2.45, 2.75) is 19.9 Å². The van der Waals surface area contributed by atoms with Crippen molar-refractivity contribution < 1.29 is 4.57 Å². The predicted octanol–water partition coefficient (Wildman–Crippen LogP) is 1.06. The van der Waals surface area contributed by atoms with Crippen LogP contribution in [0.2, 0.25) is 0 Å². The van der Waals surface area contributed by atoms with Gasteiger partial charge in [0.05, 0.1) is 20.0 Å². The highest BCUT2D eigenvalue weighted by molar-refractivity contribution is 4.89. The summed E-state index contributed by atoms with van der Waals surface area (Å²) in [5.74, 6) is 1.31. The summed E-state index contributed by atoms with van der Waals surface area (Å²) < 4.78 is 4.35. The molecule has 11 heavy (non-hydrogen) atoms. The van der Waals surface area contributed by atoms with E-state index >= 15 is 0 Å². The van der Waals surface area contributed by atoms with Crippen LogP contribution in [0, 0.1) is 0 Å². The molecular weight excluding hydrogens is 136 g/mol. The van der Waals surface area contributed by atoms with E-state index < -0.39 is 0 Å². The first-order valence-electron chi connectivity index (χ1n) is 3.94. The Morgan fingerprint density at radius 2 is 2.45 bits per heavy atom. The van der Waals surface area contributed by atoms with Crippen LogP contribution in [-0.2, 0) is 20.0 Å². The summed E-state index contributed by atoms with van der Waals surface area (Å²) in [6.07, 6.45) is 7.04. The van der Waals surface area contributed by atoms with Gasteiger partial charge < -0.3 is 0 Å². The molecule has 0 aliphatic heterocycles. The predicted molar refractivity (Wildman–Crippen MR) is 45.2 cm³/mol. The molecule has 2 nitrogen and oxygen atoms in total. The molecule has 0 spiro atoms. The Morgan fingerprint density at radius 3 is 3.00 bits per heavy atom. The molecule has 1 rings (SSSR count). The SMILES string of the molecule is C=CCc1n(CC)cc[n+]1C. The minimum absolute atomic E-state index is 0.942. The molecule has 0 aliphatic rings. The Morgan fingerprint density at radius 1 is 1.73 bits per heavy atom. The second-order valence-corrected chi connectivity index (χ2v) is 2.60. The van der Waals surface area contributed by atoms with Crippen LogP contribution < -0.4 is 4.57 Å². The van der Waals surface area contributed by atoms with Crippen LogP contribution in [0.15, 0.2) is 25.0 Å². The molecule has 0 N–H and O–H groups in total. The van der Waals surface area contributed by atoms with Gasteiger partial charge in [-0.2, -0.15) is 0 Å². The van der Waals surface area contributed by atoms with Crippen LogP contribution in [0.1, 0.15) is 12.7 Å². The van der Waals surface area contributed by atoms with Gasteiger partial charge in [0.2, 0.25) is 0 Å². The van der Waals surface area contributed by atoms with E-state index in [0.29, 0.717) is 0 Å². The Kier molecular flexibility index (Phi) is 2.47. The van der Waals surface area contributed by atoms with E-state index in [4.69, 9.17) is 0 Å². The third kappa shape index (κ3) is 1.50. The number of aromatic nitrogens is 2. The quantitative estimate of drug-likeness (QED) is 0.451. The van der Waals surface area contributed by atoms with E-state index in [1.165, 1.54) is 5.82 Å². The van der Waals surface area contributed by atoms with Crippen LogP contribution >= 0.6 is 0 Å². The number of hydrogen-bond donors (Lipinski definition) is 0. The van der Waals surface area contributed by atoms with Gasteiger partial charge in [-0.05, 0) is 6.92 Å². The fraction of sp³-hybridized carbons (Fsp3) is 0.444. The second-order valence-electron chi connectivity index (χ2n) is 2.60. The number of imidazole rings is 1. The second kappa shape index (κ2) is 3.37. The van der Waals surface area contributed by atoms with Crippen molar-refractivity contribution in [2.75, 3.05) is 0 Å². The van der Waals surface area contributed by atoms with Gasteiger partial charge in [0, 0.05) is 0 Å². The molecule has 0 aliphatic carbocycles. The lowest BCUT2D eigenvalue weighted by molar-refractivity contribution is -0.678. The van der Waals surface area contributed by atoms with Gasteiger partial charge in [-0.25, -0.2) is 9.13 Å². The maximum Gasteiger partial charge on any atom is 0.260 e. The molecule has 0 saturated carbocycles. The molecule has 1 heterocycles. The van der Waals surface area contributed by atoms with Gasteiger partial charge in [0.25, 0.3) is 5.82 Å². The molecular formula is C9H15N2+. The lowest BCUT2D eigenvalue weighted by Crippen LogP contribution is -2.31. The largest absolute Gasteiger partial charge is 0.260 e. The number of allylic oxidation sites excluding steroid dienone is 1. The molecule has 1 aromatic heterocycles. The smallest absolute Gasteiger partial charge is 0.237 e. The Labute approximate surface area is 67.8 Å². The highest BCUT2D eigenvalue weighted by atomic mass is 15.1. The average Bonchev–Trinajstić information content (AvgIpc) is 2.34. The van der Waals surface area contributed by atoms with Gasteiger partial charge in [-0.3, -0.25) is 0 Å². The zero-order valence-electron chi connectivity index (χ0n) is 7.25. The van der Waals surface area contributed by atoms with Crippen molar-refractivity contribution in [3.05, 3.63) is 30.9 Å². The van der Waals surface area contributed by atoms with Gasteiger partial charge in [0.15, 0.2) is 0 Å². The topological polar surface area (TPSA) is 8.81 Å². The van der Waals surface area contributed by atoms with Gasteiger partial charge >= 0.3 is 0 Å². The lowest BCUT2D eigenvalue weighted by atomic mass is 10.4. The lowest BCUT2D eigenvalue weighted by Gasteiger charge is -1.95. The molecule has 0 radical (unpaired) electrons. The minimum atomic E-state index is 0.942. The van der Waals surface area contributed by atoms with Gasteiger partial charge in [-0.15, -0.1) is 6.58 Å². The van der Waals surface area contributed by atoms with E-state index in [9.17, 15) is 0 Å². The summed E-state index contributed by atoms with van der Waals surface area (Å²) >= 11 is 0. The van der Waals surface area contributed by atoms with Crippen molar-refractivity contribution in [1.29, 1.82) is 0 Å². The van der Waals surface area contributed by atoms with E-state index in [1.807, 2.05) is 6.08 Å². The standard InChI is InChI=1S/C9H15N2/c1-4-6-9-10(3)7-8-11(9)5-2/h4,7-8H,1,5-6H2,2-3H3/q+1. The summed E-state index contributed by atoms with van der Waals surface area (Å²) in [5, 5.41) is 0. The number of rotatable bonds is 3. The van der Waals surface area contributed by atoms with E-state index in [2.05, 4.69) is 42.1 Å². The summed E-state index contributed by atoms with van der Waals surface area (Å²) in [7, 11) is 2.06. The van der Waals surface area contributed by atoms with Gasteiger partial charge in [0.1, 0.15) is 12.4 Å². The molecule has 0 atom stereocenters. The highest BCUT2D eigenvalue weighted by Gasteiger charge is 2.09. The Bertz CT molecular complexity index is 248. The molecule has 0 aromatic carbocycles. The number of aryl methyl sites for hydroxylation is 2. The zero-order chi connectivity index (χ0) is 8.27. The Balaban J connectivity index is 2.96. The Hall–Kier alpha value is -1.05. The summed E-state index contributed by atoms with van der Waals surface area (Å²) in [4.78, 5) is 0. The molecule has 0 amide bonds. The zero-order valence-corrected chi connectivity index (χ0v) is 7.25. The fourth-order valence-corrected chi connectivity index (χ4v) is 1.23. The molecule has 0 bridgehead atoms. The first-order valence-corrected chi connectivity index (χ1v) is 3.94. The molecule has 0 fully saturated rings. The van der Waals surface area contributed by atoms with Crippen molar-refractivity contribution in [3.8, 4) is 0 Å². The fourth-order valence-electron chi connectivity index (χ4n) is 1.23. The minimum Gasteiger partial charge on any atom is -0.237 e. The maximum absolute atomic E-state index is 3.73. The first-order chi connectivity index (χ1) is 5.29. The third-order valence-electron chi connectivity index (χ3n) is 1.88. The van der Waals surface area contributed by atoms with E-state index in [0.717, 1.165) is 13.0 Å². The third-order valence-corrected chi connectivity index (χ3v) is 1.88. The molecule has 1 aromatic rings. The van der Waals surface area contributed by atoms with Crippen LogP contribution in [0.25, 0.3) is 0 Å². The number of hydrogen-bond acceptors (Lipinski definition) is 0. The van der Waals surface area contributed by atoms with Crippen molar-refractivity contribution in [1.82, 2.24) is 4.57 Å². The van der Waals surface area contributed by atoms with Gasteiger partial charge in [-0.1, -0.05) is 6.08 Å². The maximum atomic E-state index is 3.73. The molecule has 0 unspecified atom stereocenters. The summed E-state index contributed by atoms with van der Waals surface area (Å²) in [5.41, 5.74) is 0. The first kappa shape index (κ1) is 8.05. The van der Waals surface area contributed by atoms with Crippen molar-refractivity contribution >= 4 is 0 Å². The molecule has 2 heteroatoms. The van der Waals surface area contributed by atoms with Crippen LogP contribution in [0.3, 0.4) is 0 Å². The monoisotopic (exact) mass is 151 g/mol. The summed E-state index contributed by atoms with van der Waals surface area (Å²) in [6, 6.07) is 0. The normalized spacial score (nSPS) is 10.0.